The van der Waals surface area contributed by atoms with Gasteiger partial charge in [-0.1, -0.05) is 24.3 Å². The lowest BCUT2D eigenvalue weighted by Crippen LogP contribution is -2.44. The summed E-state index contributed by atoms with van der Waals surface area (Å²) < 4.78 is 12.2. The standard InChI is InChI=1S/C36H48N4O4/c1-24(2)40-23-31(21-37-40)29-7-6-8-33(20-29)39(35(41)28-13-16-32(17-14-28)38-36(42)44-5)22-26-9-11-27(12-10-26)30-15-18-34(43-4)25(3)19-30/h6-8,15,18-21,23-24,26-28,32H,9-14,16-17,22H2,1-5H3,(H,38,42)/t26-,27-,28-,32-. The third-order valence-electron chi connectivity index (χ3n) is 9.65. The van der Waals surface area contributed by atoms with Crippen LogP contribution in [0.3, 0.4) is 0 Å². The molecule has 0 atom stereocenters. The molecule has 2 aliphatic carbocycles. The van der Waals surface area contributed by atoms with Crippen molar-refractivity contribution < 1.29 is 19.1 Å². The van der Waals surface area contributed by atoms with Gasteiger partial charge in [0.15, 0.2) is 0 Å². The number of ether oxygens (including phenoxy) is 2. The third-order valence-corrected chi connectivity index (χ3v) is 9.65. The molecule has 5 rings (SSSR count). The molecule has 0 aliphatic heterocycles. The Balaban J connectivity index is 1.32. The van der Waals surface area contributed by atoms with Crippen molar-refractivity contribution in [1.29, 1.82) is 0 Å². The number of alkyl carbamates (subject to hydrolysis) is 1. The van der Waals surface area contributed by atoms with E-state index in [0.717, 1.165) is 80.5 Å². The van der Waals surface area contributed by atoms with Crippen LogP contribution in [0.15, 0.2) is 54.9 Å². The second kappa shape index (κ2) is 14.3. The number of hydrogen-bond donors (Lipinski definition) is 1. The first-order valence-corrected chi connectivity index (χ1v) is 16.2. The fraction of sp³-hybridized carbons (Fsp3) is 0.528. The van der Waals surface area contributed by atoms with Gasteiger partial charge in [0.1, 0.15) is 5.75 Å². The number of nitrogens with one attached hydrogen (secondary N) is 1. The van der Waals surface area contributed by atoms with Crippen molar-refractivity contribution in [2.45, 2.75) is 90.1 Å². The van der Waals surface area contributed by atoms with Crippen LogP contribution in [-0.4, -0.2) is 48.6 Å². The van der Waals surface area contributed by atoms with Crippen LogP contribution < -0.4 is 15.0 Å². The summed E-state index contributed by atoms with van der Waals surface area (Å²) in [6.45, 7) is 7.07. The highest BCUT2D eigenvalue weighted by Gasteiger charge is 2.33. The molecule has 0 radical (unpaired) electrons. The van der Waals surface area contributed by atoms with Gasteiger partial charge in [-0.05, 0) is 119 Å². The second-order valence-corrected chi connectivity index (χ2v) is 12.9. The molecule has 2 saturated carbocycles. The van der Waals surface area contributed by atoms with E-state index in [1.54, 1.807) is 7.11 Å². The van der Waals surface area contributed by atoms with Crippen LogP contribution >= 0.6 is 0 Å². The number of methoxy groups -OCH3 is 2. The van der Waals surface area contributed by atoms with Gasteiger partial charge in [0, 0.05) is 42.0 Å². The maximum atomic E-state index is 14.3. The average Bonchev–Trinajstić information content (AvgIpc) is 3.55. The molecule has 2 fully saturated rings. The third kappa shape index (κ3) is 7.45. The zero-order valence-electron chi connectivity index (χ0n) is 26.9. The predicted octanol–water partition coefficient (Wildman–Crippen LogP) is 7.67. The van der Waals surface area contributed by atoms with E-state index in [2.05, 4.69) is 84.7 Å². The highest BCUT2D eigenvalue weighted by molar-refractivity contribution is 5.95. The van der Waals surface area contributed by atoms with Crippen LogP contribution in [0.25, 0.3) is 11.1 Å². The maximum absolute atomic E-state index is 14.3. The molecule has 1 aromatic heterocycles. The van der Waals surface area contributed by atoms with Gasteiger partial charge in [-0.2, -0.15) is 5.10 Å². The molecular formula is C36H48N4O4. The molecular weight excluding hydrogens is 552 g/mol. The van der Waals surface area contributed by atoms with Crippen molar-refractivity contribution in [3.8, 4) is 16.9 Å². The van der Waals surface area contributed by atoms with Gasteiger partial charge in [-0.3, -0.25) is 9.48 Å². The molecule has 0 bridgehead atoms. The number of rotatable bonds is 9. The number of aryl methyl sites for hydroxylation is 1. The summed E-state index contributed by atoms with van der Waals surface area (Å²) in [7, 11) is 3.11. The summed E-state index contributed by atoms with van der Waals surface area (Å²) in [5.74, 6) is 2.06. The first kappa shape index (κ1) is 31.6. The molecule has 8 nitrogen and oxygen atoms in total. The number of anilines is 1. The van der Waals surface area contributed by atoms with E-state index in [-0.39, 0.29) is 23.9 Å². The lowest BCUT2D eigenvalue weighted by atomic mass is 9.78. The van der Waals surface area contributed by atoms with Crippen LogP contribution in [0.2, 0.25) is 0 Å². The van der Waals surface area contributed by atoms with Crippen LogP contribution in [0.4, 0.5) is 10.5 Å². The van der Waals surface area contributed by atoms with Gasteiger partial charge in [0.25, 0.3) is 0 Å². The van der Waals surface area contributed by atoms with Crippen molar-refractivity contribution >= 4 is 17.7 Å². The maximum Gasteiger partial charge on any atom is 0.407 e. The Morgan fingerprint density at radius 1 is 0.977 bits per heavy atom. The molecule has 2 aliphatic rings. The van der Waals surface area contributed by atoms with E-state index in [1.807, 2.05) is 10.9 Å². The summed E-state index contributed by atoms with van der Waals surface area (Å²) in [5.41, 5.74) is 5.64. The first-order valence-electron chi connectivity index (χ1n) is 16.2. The highest BCUT2D eigenvalue weighted by atomic mass is 16.5. The zero-order valence-corrected chi connectivity index (χ0v) is 26.9. The van der Waals surface area contributed by atoms with E-state index in [1.165, 1.54) is 18.2 Å². The highest BCUT2D eigenvalue weighted by Crippen LogP contribution is 2.39. The molecule has 44 heavy (non-hydrogen) atoms. The van der Waals surface area contributed by atoms with E-state index in [4.69, 9.17) is 9.47 Å². The summed E-state index contributed by atoms with van der Waals surface area (Å²) in [4.78, 5) is 28.1. The number of nitrogens with zero attached hydrogens (tertiary/aromatic N) is 3. The SMILES string of the molecule is COC(=O)N[C@H]1CC[C@H](C(=O)N(C[C@H]2CC[C@H](c3ccc(OC)c(C)c3)CC2)c2cccc(-c3cnn(C(C)C)c3)c2)CC1. The molecule has 2 aromatic carbocycles. The number of carbonyl (C=O) groups is 2. The molecule has 3 aromatic rings. The molecule has 2 amide bonds. The second-order valence-electron chi connectivity index (χ2n) is 12.9. The van der Waals surface area contributed by atoms with Crippen LogP contribution in [0.5, 0.6) is 5.75 Å². The van der Waals surface area contributed by atoms with Gasteiger partial charge in [0.05, 0.1) is 20.4 Å². The van der Waals surface area contributed by atoms with Gasteiger partial charge in [-0.15, -0.1) is 0 Å². The summed E-state index contributed by atoms with van der Waals surface area (Å²) in [5, 5.41) is 7.46. The number of aromatic nitrogens is 2. The number of amides is 2. The largest absolute Gasteiger partial charge is 0.496 e. The molecule has 236 valence electrons. The van der Waals surface area contributed by atoms with Crippen LogP contribution in [0.1, 0.15) is 88.3 Å². The van der Waals surface area contributed by atoms with E-state index in [0.29, 0.717) is 11.8 Å². The van der Waals surface area contributed by atoms with Crippen molar-refractivity contribution in [1.82, 2.24) is 15.1 Å². The Kier molecular flexibility index (Phi) is 10.3. The lowest BCUT2D eigenvalue weighted by Gasteiger charge is -2.36. The molecule has 1 N–H and O–H groups in total. The van der Waals surface area contributed by atoms with Crippen LogP contribution in [0, 0.1) is 18.8 Å². The topological polar surface area (TPSA) is 85.7 Å². The fourth-order valence-electron chi connectivity index (χ4n) is 6.97. The minimum atomic E-state index is -0.403. The number of carbonyl (C=O) groups excluding carboxylic acids is 2. The van der Waals surface area contributed by atoms with E-state index < -0.39 is 6.09 Å². The molecule has 0 saturated heterocycles. The lowest BCUT2D eigenvalue weighted by molar-refractivity contribution is -0.123. The number of benzene rings is 2. The molecule has 0 spiro atoms. The Bertz CT molecular complexity index is 1420. The fourth-order valence-corrected chi connectivity index (χ4v) is 6.97. The van der Waals surface area contributed by atoms with Gasteiger partial charge in [-0.25, -0.2) is 4.79 Å². The number of hydrogen-bond acceptors (Lipinski definition) is 5. The Morgan fingerprint density at radius 3 is 2.36 bits per heavy atom. The van der Waals surface area contributed by atoms with Gasteiger partial charge < -0.3 is 19.7 Å². The first-order chi connectivity index (χ1) is 21.2. The molecule has 0 unspecified atom stereocenters. The van der Waals surface area contributed by atoms with Gasteiger partial charge >= 0.3 is 6.09 Å². The zero-order chi connectivity index (χ0) is 31.2. The summed E-state index contributed by atoms with van der Waals surface area (Å²) >= 11 is 0. The van der Waals surface area contributed by atoms with Crippen molar-refractivity contribution in [3.05, 3.63) is 66.0 Å². The average molecular weight is 601 g/mol. The quantitative estimate of drug-likeness (QED) is 0.272. The summed E-state index contributed by atoms with van der Waals surface area (Å²) in [6, 6.07) is 15.3. The normalized spacial score (nSPS) is 22.0. The van der Waals surface area contributed by atoms with Crippen molar-refractivity contribution in [2.24, 2.45) is 11.8 Å². The van der Waals surface area contributed by atoms with Crippen LogP contribution in [-0.2, 0) is 9.53 Å². The molecule has 8 heteroatoms. The summed E-state index contributed by atoms with van der Waals surface area (Å²) in [6.07, 6.45) is 11.1. The Morgan fingerprint density at radius 2 is 1.73 bits per heavy atom. The minimum Gasteiger partial charge on any atom is -0.496 e. The molecule has 1 heterocycles. The van der Waals surface area contributed by atoms with E-state index in [9.17, 15) is 9.59 Å². The Labute approximate surface area is 262 Å². The van der Waals surface area contributed by atoms with Crippen molar-refractivity contribution in [2.75, 3.05) is 25.7 Å². The predicted molar refractivity (Wildman–Crippen MR) is 174 cm³/mol. The smallest absolute Gasteiger partial charge is 0.407 e. The Hall–Kier alpha value is -3.81. The van der Waals surface area contributed by atoms with Gasteiger partial charge in [0.2, 0.25) is 5.91 Å². The van der Waals surface area contributed by atoms with Crippen molar-refractivity contribution in [3.63, 3.8) is 0 Å². The van der Waals surface area contributed by atoms with E-state index >= 15 is 0 Å². The minimum absolute atomic E-state index is 0.0534. The monoisotopic (exact) mass is 600 g/mol.